The van der Waals surface area contributed by atoms with Gasteiger partial charge in [-0.1, -0.05) is 42.5 Å². The third-order valence-corrected chi connectivity index (χ3v) is 3.97. The summed E-state index contributed by atoms with van der Waals surface area (Å²) in [5.74, 6) is 0.656. The van der Waals surface area contributed by atoms with Gasteiger partial charge in [0.05, 0.1) is 13.5 Å². The van der Waals surface area contributed by atoms with Crippen LogP contribution in [-0.2, 0) is 29.2 Å². The molecule has 0 aliphatic heterocycles. The van der Waals surface area contributed by atoms with Crippen molar-refractivity contribution in [1.29, 1.82) is 0 Å². The summed E-state index contributed by atoms with van der Waals surface area (Å²) in [5, 5.41) is 0. The van der Waals surface area contributed by atoms with Gasteiger partial charge in [-0.2, -0.15) is 0 Å². The number of hydrogen-bond acceptors (Lipinski definition) is 6. The molecule has 2 aromatic carbocycles. The van der Waals surface area contributed by atoms with Crippen LogP contribution in [0.25, 0.3) is 0 Å². The van der Waals surface area contributed by atoms with Crippen LogP contribution in [0.4, 0.5) is 0 Å². The highest BCUT2D eigenvalue weighted by molar-refractivity contribution is 5.72. The third kappa shape index (κ3) is 5.48. The van der Waals surface area contributed by atoms with Crippen LogP contribution in [0.5, 0.6) is 11.5 Å². The van der Waals surface area contributed by atoms with Gasteiger partial charge in [0.15, 0.2) is 0 Å². The fourth-order valence-corrected chi connectivity index (χ4v) is 2.47. The first-order chi connectivity index (χ1) is 13.6. The Morgan fingerprint density at radius 2 is 1.71 bits per heavy atom. The molecule has 3 rings (SSSR count). The molecule has 0 unspecified atom stereocenters. The van der Waals surface area contributed by atoms with Crippen molar-refractivity contribution in [2.75, 3.05) is 7.11 Å². The fraction of sp³-hybridized carbons (Fsp3) is 0.182. The van der Waals surface area contributed by atoms with E-state index in [-0.39, 0.29) is 36.6 Å². The van der Waals surface area contributed by atoms with Crippen molar-refractivity contribution in [3.63, 3.8) is 0 Å². The van der Waals surface area contributed by atoms with Crippen molar-refractivity contribution in [2.24, 2.45) is 0 Å². The molecule has 3 aromatic rings. The summed E-state index contributed by atoms with van der Waals surface area (Å²) in [6.45, 7) is 0.144. The summed E-state index contributed by atoms with van der Waals surface area (Å²) in [6, 6.07) is 17.9. The molecule has 0 spiro atoms. The average Bonchev–Trinajstić information content (AvgIpc) is 2.73. The Hall–Kier alpha value is -3.54. The number of methoxy groups -OCH3 is 1. The molecule has 0 atom stereocenters. The smallest absolute Gasteiger partial charge is 0.310 e. The zero-order chi connectivity index (χ0) is 19.8. The summed E-state index contributed by atoms with van der Waals surface area (Å²) in [5.41, 5.74) is 1.42. The number of esters is 1. The highest BCUT2D eigenvalue weighted by atomic mass is 16.5. The van der Waals surface area contributed by atoms with Crippen LogP contribution < -0.4 is 14.9 Å². The monoisotopic (exact) mass is 380 g/mol. The number of carbonyl (C=O) groups excluding carboxylic acids is 1. The second-order valence-corrected chi connectivity index (χ2v) is 6.03. The Labute approximate surface area is 162 Å². The molecule has 1 aromatic heterocycles. The Morgan fingerprint density at radius 1 is 0.964 bits per heavy atom. The number of benzene rings is 2. The molecule has 6 nitrogen and oxygen atoms in total. The molecule has 0 aliphatic rings. The molecule has 0 saturated heterocycles. The molecule has 0 N–H and O–H groups in total. The van der Waals surface area contributed by atoms with Crippen LogP contribution in [-0.4, -0.2) is 13.1 Å². The van der Waals surface area contributed by atoms with Gasteiger partial charge in [0.1, 0.15) is 31.0 Å². The second-order valence-electron chi connectivity index (χ2n) is 6.03. The van der Waals surface area contributed by atoms with Crippen molar-refractivity contribution >= 4 is 5.97 Å². The largest absolute Gasteiger partial charge is 0.497 e. The molecular weight excluding hydrogens is 360 g/mol. The number of carbonyl (C=O) groups is 1. The van der Waals surface area contributed by atoms with Crippen molar-refractivity contribution in [1.82, 2.24) is 0 Å². The molecule has 144 valence electrons. The normalized spacial score (nSPS) is 10.3. The Morgan fingerprint density at radius 3 is 2.39 bits per heavy atom. The molecule has 0 saturated carbocycles. The van der Waals surface area contributed by atoms with Gasteiger partial charge in [-0.05, 0) is 23.3 Å². The lowest BCUT2D eigenvalue weighted by Crippen LogP contribution is -2.11. The van der Waals surface area contributed by atoms with Gasteiger partial charge in [0.2, 0.25) is 11.2 Å². The second kappa shape index (κ2) is 9.41. The third-order valence-electron chi connectivity index (χ3n) is 3.97. The average molecular weight is 380 g/mol. The minimum atomic E-state index is -0.419. The first-order valence-electron chi connectivity index (χ1n) is 8.71. The highest BCUT2D eigenvalue weighted by Crippen LogP contribution is 2.13. The minimum absolute atomic E-state index is 0.108. The summed E-state index contributed by atoms with van der Waals surface area (Å²) in [4.78, 5) is 24.1. The van der Waals surface area contributed by atoms with Gasteiger partial charge < -0.3 is 18.6 Å². The molecule has 0 radical (unpaired) electrons. The predicted octanol–water partition coefficient (Wildman–Crippen LogP) is 3.51. The van der Waals surface area contributed by atoms with E-state index in [1.807, 2.05) is 30.3 Å². The van der Waals surface area contributed by atoms with Gasteiger partial charge in [-0.3, -0.25) is 9.59 Å². The maximum absolute atomic E-state index is 12.1. The molecule has 0 amide bonds. The van der Waals surface area contributed by atoms with E-state index < -0.39 is 5.97 Å². The van der Waals surface area contributed by atoms with Crippen LogP contribution in [0.2, 0.25) is 0 Å². The van der Waals surface area contributed by atoms with Gasteiger partial charge in [-0.25, -0.2) is 0 Å². The van der Waals surface area contributed by atoms with Gasteiger partial charge in [0, 0.05) is 6.07 Å². The summed E-state index contributed by atoms with van der Waals surface area (Å²) in [7, 11) is 1.58. The quantitative estimate of drug-likeness (QED) is 0.557. The summed E-state index contributed by atoms with van der Waals surface area (Å²) >= 11 is 0. The fourth-order valence-electron chi connectivity index (χ4n) is 2.47. The summed E-state index contributed by atoms with van der Waals surface area (Å²) < 4.78 is 21.1. The maximum atomic E-state index is 12.1. The molecule has 1 heterocycles. The number of hydrogen-bond donors (Lipinski definition) is 0. The zero-order valence-corrected chi connectivity index (χ0v) is 15.4. The van der Waals surface area contributed by atoms with Crippen molar-refractivity contribution < 1.29 is 23.4 Å². The topological polar surface area (TPSA) is 75.0 Å². The number of rotatable bonds is 8. The van der Waals surface area contributed by atoms with E-state index in [2.05, 4.69) is 0 Å². The molecular formula is C22H20O6. The first-order valence-corrected chi connectivity index (χ1v) is 8.71. The lowest BCUT2D eigenvalue weighted by molar-refractivity contribution is -0.144. The Balaban J connectivity index is 1.50. The predicted molar refractivity (Wildman–Crippen MR) is 102 cm³/mol. The van der Waals surface area contributed by atoms with Crippen molar-refractivity contribution in [3.8, 4) is 11.5 Å². The van der Waals surface area contributed by atoms with Crippen LogP contribution in [0.1, 0.15) is 16.9 Å². The van der Waals surface area contributed by atoms with Crippen LogP contribution in [0, 0.1) is 0 Å². The first kappa shape index (κ1) is 19.2. The standard InChI is InChI=1S/C22H20O6/c1-25-18-9-7-16(8-10-18)11-22(24)28-14-19-12-20(23)21(15-26-19)27-13-17-5-3-2-4-6-17/h2-10,12,15H,11,13-14H2,1H3. The molecule has 28 heavy (non-hydrogen) atoms. The Bertz CT molecular complexity index is 960. The minimum Gasteiger partial charge on any atom is -0.497 e. The van der Waals surface area contributed by atoms with Crippen LogP contribution >= 0.6 is 0 Å². The molecule has 0 aliphatic carbocycles. The van der Waals surface area contributed by atoms with Crippen LogP contribution in [0.3, 0.4) is 0 Å². The van der Waals surface area contributed by atoms with E-state index in [4.69, 9.17) is 18.6 Å². The lowest BCUT2D eigenvalue weighted by Gasteiger charge is -2.07. The molecule has 0 bridgehead atoms. The summed E-state index contributed by atoms with van der Waals surface area (Å²) in [6.07, 6.45) is 1.35. The highest BCUT2D eigenvalue weighted by Gasteiger charge is 2.09. The van der Waals surface area contributed by atoms with E-state index in [1.165, 1.54) is 12.3 Å². The van der Waals surface area contributed by atoms with Crippen molar-refractivity contribution in [3.05, 3.63) is 94.0 Å². The van der Waals surface area contributed by atoms with Crippen molar-refractivity contribution in [2.45, 2.75) is 19.6 Å². The van der Waals surface area contributed by atoms with Gasteiger partial charge in [0.25, 0.3) is 0 Å². The van der Waals surface area contributed by atoms with E-state index in [0.29, 0.717) is 5.75 Å². The van der Waals surface area contributed by atoms with E-state index in [0.717, 1.165) is 11.1 Å². The van der Waals surface area contributed by atoms with Gasteiger partial charge >= 0.3 is 5.97 Å². The SMILES string of the molecule is COc1ccc(CC(=O)OCc2cc(=O)c(OCc3ccccc3)co2)cc1. The van der Waals surface area contributed by atoms with E-state index in [9.17, 15) is 9.59 Å². The van der Waals surface area contributed by atoms with E-state index >= 15 is 0 Å². The lowest BCUT2D eigenvalue weighted by atomic mass is 10.1. The van der Waals surface area contributed by atoms with E-state index in [1.54, 1.807) is 31.4 Å². The molecule has 6 heteroatoms. The van der Waals surface area contributed by atoms with Gasteiger partial charge in [-0.15, -0.1) is 0 Å². The zero-order valence-electron chi connectivity index (χ0n) is 15.4. The maximum Gasteiger partial charge on any atom is 0.310 e. The van der Waals surface area contributed by atoms with Crippen LogP contribution in [0.15, 0.2) is 76.1 Å². The molecule has 0 fully saturated rings. The number of ether oxygens (including phenoxy) is 3. The Kier molecular flexibility index (Phi) is 6.46.